The SMILES string of the molecule is Cc1cc(C)n(-c2ccccc2NC(=O)C2CC(=O)N(c3ccccc3F)C2)n1. The van der Waals surface area contributed by atoms with Crippen molar-refractivity contribution in [2.75, 3.05) is 16.8 Å². The van der Waals surface area contributed by atoms with Crippen molar-refractivity contribution in [3.63, 3.8) is 0 Å². The highest BCUT2D eigenvalue weighted by Gasteiger charge is 2.36. The van der Waals surface area contributed by atoms with Crippen LogP contribution in [0, 0.1) is 25.6 Å². The minimum atomic E-state index is -0.560. The number of aryl methyl sites for hydroxylation is 2. The number of carbonyl (C=O) groups excluding carboxylic acids is 2. The normalized spacial score (nSPS) is 16.3. The van der Waals surface area contributed by atoms with Gasteiger partial charge in [-0.2, -0.15) is 5.10 Å². The maximum atomic E-state index is 14.1. The van der Waals surface area contributed by atoms with Crippen molar-refractivity contribution in [2.24, 2.45) is 5.92 Å². The van der Waals surface area contributed by atoms with Gasteiger partial charge in [0.05, 0.1) is 28.7 Å². The zero-order chi connectivity index (χ0) is 20.5. The Morgan fingerprint density at radius 3 is 2.48 bits per heavy atom. The van der Waals surface area contributed by atoms with Crippen molar-refractivity contribution in [3.05, 3.63) is 71.8 Å². The minimum absolute atomic E-state index is 0.0439. The van der Waals surface area contributed by atoms with E-state index in [1.165, 1.54) is 11.0 Å². The molecular weight excluding hydrogens is 371 g/mol. The maximum Gasteiger partial charge on any atom is 0.229 e. The van der Waals surface area contributed by atoms with E-state index in [9.17, 15) is 14.0 Å². The minimum Gasteiger partial charge on any atom is -0.324 e. The first-order chi connectivity index (χ1) is 13.9. The molecule has 0 saturated carbocycles. The molecular formula is C22H21FN4O2. The van der Waals surface area contributed by atoms with Crippen LogP contribution < -0.4 is 10.2 Å². The lowest BCUT2D eigenvalue weighted by Crippen LogP contribution is -2.29. The third-order valence-electron chi connectivity index (χ3n) is 5.04. The van der Waals surface area contributed by atoms with Gasteiger partial charge >= 0.3 is 0 Å². The van der Waals surface area contributed by atoms with Gasteiger partial charge in [-0.05, 0) is 44.2 Å². The number of halogens is 1. The van der Waals surface area contributed by atoms with Crippen LogP contribution >= 0.6 is 0 Å². The molecule has 2 amide bonds. The van der Waals surface area contributed by atoms with Crippen molar-refractivity contribution < 1.29 is 14.0 Å². The third kappa shape index (κ3) is 3.63. The van der Waals surface area contributed by atoms with Gasteiger partial charge in [0.15, 0.2) is 0 Å². The number of hydrogen-bond acceptors (Lipinski definition) is 3. The number of anilines is 2. The molecule has 2 heterocycles. The second-order valence-corrected chi connectivity index (χ2v) is 7.20. The highest BCUT2D eigenvalue weighted by molar-refractivity contribution is 6.04. The van der Waals surface area contributed by atoms with E-state index in [4.69, 9.17) is 0 Å². The Morgan fingerprint density at radius 2 is 1.79 bits per heavy atom. The summed E-state index contributed by atoms with van der Waals surface area (Å²) in [5.41, 5.74) is 3.40. The molecule has 1 aromatic heterocycles. The van der Waals surface area contributed by atoms with Crippen molar-refractivity contribution >= 4 is 23.2 Å². The van der Waals surface area contributed by atoms with Gasteiger partial charge in [0.25, 0.3) is 0 Å². The second kappa shape index (κ2) is 7.50. The van der Waals surface area contributed by atoms with Gasteiger partial charge in [-0.1, -0.05) is 24.3 Å². The number of para-hydroxylation sites is 3. The summed E-state index contributed by atoms with van der Waals surface area (Å²) >= 11 is 0. The predicted octanol–water partition coefficient (Wildman–Crippen LogP) is 3.62. The molecule has 7 heteroatoms. The van der Waals surface area contributed by atoms with Crippen molar-refractivity contribution in [1.82, 2.24) is 9.78 Å². The largest absolute Gasteiger partial charge is 0.324 e. The zero-order valence-corrected chi connectivity index (χ0v) is 16.2. The Bertz CT molecular complexity index is 1090. The van der Waals surface area contributed by atoms with Gasteiger partial charge in [-0.3, -0.25) is 9.59 Å². The number of amides is 2. The number of rotatable bonds is 4. The van der Waals surface area contributed by atoms with E-state index in [2.05, 4.69) is 10.4 Å². The molecule has 1 aliphatic heterocycles. The van der Waals surface area contributed by atoms with E-state index in [0.29, 0.717) is 5.69 Å². The average molecular weight is 392 g/mol. The fourth-order valence-corrected chi connectivity index (χ4v) is 3.66. The van der Waals surface area contributed by atoms with Gasteiger partial charge in [-0.25, -0.2) is 9.07 Å². The Labute approximate surface area is 167 Å². The molecule has 148 valence electrons. The molecule has 3 aromatic rings. The molecule has 1 N–H and O–H groups in total. The number of nitrogens with zero attached hydrogens (tertiary/aromatic N) is 3. The fourth-order valence-electron chi connectivity index (χ4n) is 3.66. The van der Waals surface area contributed by atoms with E-state index >= 15 is 0 Å². The summed E-state index contributed by atoms with van der Waals surface area (Å²) in [6.07, 6.45) is 0.0439. The van der Waals surface area contributed by atoms with Gasteiger partial charge in [0.2, 0.25) is 11.8 Å². The number of hydrogen-bond donors (Lipinski definition) is 1. The summed E-state index contributed by atoms with van der Waals surface area (Å²) < 4.78 is 15.8. The fraction of sp³-hybridized carbons (Fsp3) is 0.227. The second-order valence-electron chi connectivity index (χ2n) is 7.20. The molecule has 29 heavy (non-hydrogen) atoms. The van der Waals surface area contributed by atoms with Gasteiger partial charge in [0, 0.05) is 18.7 Å². The zero-order valence-electron chi connectivity index (χ0n) is 16.2. The Hall–Kier alpha value is -3.48. The quantitative estimate of drug-likeness (QED) is 0.737. The van der Waals surface area contributed by atoms with Crippen molar-refractivity contribution in [1.29, 1.82) is 0 Å². The first-order valence-corrected chi connectivity index (χ1v) is 9.42. The Morgan fingerprint density at radius 1 is 1.10 bits per heavy atom. The summed E-state index contributed by atoms with van der Waals surface area (Å²) in [6.45, 7) is 4.00. The number of carbonyl (C=O) groups is 2. The Kier molecular flexibility index (Phi) is 4.88. The summed E-state index contributed by atoms with van der Waals surface area (Å²) in [7, 11) is 0. The highest BCUT2D eigenvalue weighted by Crippen LogP contribution is 2.29. The van der Waals surface area contributed by atoms with E-state index in [1.807, 2.05) is 38.1 Å². The van der Waals surface area contributed by atoms with Crippen LogP contribution in [-0.4, -0.2) is 28.1 Å². The van der Waals surface area contributed by atoms with E-state index in [0.717, 1.165) is 17.1 Å². The van der Waals surface area contributed by atoms with E-state index in [1.54, 1.807) is 28.9 Å². The molecule has 2 aromatic carbocycles. The number of aromatic nitrogens is 2. The number of nitrogens with one attached hydrogen (secondary N) is 1. The molecule has 1 unspecified atom stereocenters. The number of benzene rings is 2. The summed E-state index contributed by atoms with van der Waals surface area (Å²) in [5, 5.41) is 7.40. The third-order valence-corrected chi connectivity index (χ3v) is 5.04. The van der Waals surface area contributed by atoms with Crippen LogP contribution in [0.15, 0.2) is 54.6 Å². The molecule has 0 bridgehead atoms. The average Bonchev–Trinajstić information content (AvgIpc) is 3.24. The lowest BCUT2D eigenvalue weighted by Gasteiger charge is -2.18. The molecule has 0 spiro atoms. The molecule has 1 saturated heterocycles. The van der Waals surface area contributed by atoms with Crippen LogP contribution in [0.2, 0.25) is 0 Å². The van der Waals surface area contributed by atoms with E-state index < -0.39 is 11.7 Å². The molecule has 0 aliphatic carbocycles. The van der Waals surface area contributed by atoms with Crippen LogP contribution in [0.5, 0.6) is 0 Å². The summed E-state index contributed by atoms with van der Waals surface area (Å²) in [5.74, 6) is -1.57. The smallest absolute Gasteiger partial charge is 0.229 e. The van der Waals surface area contributed by atoms with E-state index in [-0.39, 0.29) is 30.5 Å². The molecule has 4 rings (SSSR count). The predicted molar refractivity (Wildman–Crippen MR) is 109 cm³/mol. The van der Waals surface area contributed by atoms with Gasteiger partial charge < -0.3 is 10.2 Å². The standard InChI is InChI=1S/C22H21FN4O2/c1-14-11-15(2)27(25-14)20-10-6-4-8-18(20)24-22(29)16-12-21(28)26(13-16)19-9-5-3-7-17(19)23/h3-11,16H,12-13H2,1-2H3,(H,24,29). The van der Waals surface area contributed by atoms with Crippen LogP contribution in [0.25, 0.3) is 5.69 Å². The first kappa shape index (κ1) is 18.9. The molecule has 6 nitrogen and oxygen atoms in total. The Balaban J connectivity index is 1.55. The molecule has 0 radical (unpaired) electrons. The van der Waals surface area contributed by atoms with Crippen molar-refractivity contribution in [2.45, 2.75) is 20.3 Å². The van der Waals surface area contributed by atoms with Crippen LogP contribution in [0.1, 0.15) is 17.8 Å². The van der Waals surface area contributed by atoms with Crippen LogP contribution in [-0.2, 0) is 9.59 Å². The maximum absolute atomic E-state index is 14.1. The van der Waals surface area contributed by atoms with Gasteiger partial charge in [0.1, 0.15) is 5.82 Å². The topological polar surface area (TPSA) is 67.2 Å². The lowest BCUT2D eigenvalue weighted by molar-refractivity contribution is -0.122. The van der Waals surface area contributed by atoms with Gasteiger partial charge in [-0.15, -0.1) is 0 Å². The first-order valence-electron chi connectivity index (χ1n) is 9.42. The molecule has 1 fully saturated rings. The highest BCUT2D eigenvalue weighted by atomic mass is 19.1. The van der Waals surface area contributed by atoms with Crippen molar-refractivity contribution in [3.8, 4) is 5.69 Å². The molecule has 1 aliphatic rings. The monoisotopic (exact) mass is 392 g/mol. The van der Waals surface area contributed by atoms with Crippen LogP contribution in [0.4, 0.5) is 15.8 Å². The van der Waals surface area contributed by atoms with Crippen LogP contribution in [0.3, 0.4) is 0 Å². The lowest BCUT2D eigenvalue weighted by atomic mass is 10.1. The molecule has 1 atom stereocenters. The summed E-state index contributed by atoms with van der Waals surface area (Å²) in [6, 6.07) is 15.4. The summed E-state index contributed by atoms with van der Waals surface area (Å²) in [4.78, 5) is 26.6.